The second-order valence-electron chi connectivity index (χ2n) is 5.77. The summed E-state index contributed by atoms with van der Waals surface area (Å²) < 4.78 is 0. The number of nitrogens with zero attached hydrogens (tertiary/aromatic N) is 3. The van der Waals surface area contributed by atoms with Crippen molar-refractivity contribution in [1.29, 1.82) is 0 Å². The number of aromatic nitrogens is 2. The number of benzene rings is 1. The third kappa shape index (κ3) is 4.83. The zero-order valence-electron chi connectivity index (χ0n) is 14.4. The van der Waals surface area contributed by atoms with E-state index in [1.165, 1.54) is 0 Å². The van der Waals surface area contributed by atoms with Gasteiger partial charge in [-0.2, -0.15) is 4.98 Å². The van der Waals surface area contributed by atoms with Crippen molar-refractivity contribution in [2.45, 2.75) is 40.5 Å². The van der Waals surface area contributed by atoms with Crippen LogP contribution in [0, 0.1) is 13.8 Å². The topological polar surface area (TPSA) is 41.1 Å². The summed E-state index contributed by atoms with van der Waals surface area (Å²) in [5.41, 5.74) is 3.06. The van der Waals surface area contributed by atoms with E-state index in [1.54, 1.807) is 0 Å². The molecule has 0 aliphatic carbocycles. The Labute approximate surface area is 143 Å². The number of rotatable bonds is 7. The Hall–Kier alpha value is -1.81. The van der Waals surface area contributed by atoms with E-state index in [0.717, 1.165) is 54.6 Å². The molecule has 0 unspecified atom stereocenters. The molecule has 1 heterocycles. The van der Waals surface area contributed by atoms with Crippen molar-refractivity contribution in [2.75, 3.05) is 23.3 Å². The lowest BCUT2D eigenvalue weighted by molar-refractivity contribution is 0.720. The van der Waals surface area contributed by atoms with Gasteiger partial charge in [0.1, 0.15) is 5.82 Å². The fraction of sp³-hybridized carbons (Fsp3) is 0.444. The first kappa shape index (κ1) is 17.5. The van der Waals surface area contributed by atoms with Gasteiger partial charge in [0.15, 0.2) is 0 Å². The molecule has 0 saturated heterocycles. The molecule has 2 aromatic rings. The zero-order chi connectivity index (χ0) is 16.8. The van der Waals surface area contributed by atoms with Crippen LogP contribution in [0.15, 0.2) is 24.3 Å². The molecular weight excluding hydrogens is 308 g/mol. The largest absolute Gasteiger partial charge is 0.341 e. The summed E-state index contributed by atoms with van der Waals surface area (Å²) in [7, 11) is 0. The van der Waals surface area contributed by atoms with E-state index < -0.39 is 0 Å². The van der Waals surface area contributed by atoms with Crippen LogP contribution in [0.5, 0.6) is 0 Å². The third-order valence-corrected chi connectivity index (χ3v) is 3.81. The van der Waals surface area contributed by atoms with Crippen molar-refractivity contribution in [3.05, 3.63) is 40.5 Å². The first-order valence-electron chi connectivity index (χ1n) is 8.17. The minimum absolute atomic E-state index is 0.711. The van der Waals surface area contributed by atoms with Crippen molar-refractivity contribution in [2.24, 2.45) is 0 Å². The Morgan fingerprint density at radius 1 is 1.04 bits per heavy atom. The first-order chi connectivity index (χ1) is 11.0. The van der Waals surface area contributed by atoms with Crippen LogP contribution in [0.1, 0.15) is 37.9 Å². The number of halogens is 1. The second-order valence-corrected chi connectivity index (χ2v) is 6.20. The van der Waals surface area contributed by atoms with Gasteiger partial charge in [0.05, 0.1) is 0 Å². The van der Waals surface area contributed by atoms with Crippen molar-refractivity contribution >= 4 is 29.1 Å². The van der Waals surface area contributed by atoms with Gasteiger partial charge in [0.2, 0.25) is 5.95 Å². The molecule has 0 atom stereocenters. The maximum atomic E-state index is 6.10. The lowest BCUT2D eigenvalue weighted by Gasteiger charge is -2.22. The molecule has 0 saturated carbocycles. The Morgan fingerprint density at radius 2 is 1.74 bits per heavy atom. The van der Waals surface area contributed by atoms with Gasteiger partial charge in [0.25, 0.3) is 0 Å². The van der Waals surface area contributed by atoms with Crippen LogP contribution >= 0.6 is 11.6 Å². The molecule has 1 aromatic heterocycles. The summed E-state index contributed by atoms with van der Waals surface area (Å²) in [6.07, 6.45) is 2.15. The van der Waals surface area contributed by atoms with Gasteiger partial charge in [0, 0.05) is 35.6 Å². The molecule has 0 radical (unpaired) electrons. The number of hydrogen-bond acceptors (Lipinski definition) is 4. The molecule has 1 aromatic carbocycles. The van der Waals surface area contributed by atoms with E-state index in [4.69, 9.17) is 16.6 Å². The molecule has 0 spiro atoms. The van der Waals surface area contributed by atoms with E-state index in [2.05, 4.69) is 29.0 Å². The van der Waals surface area contributed by atoms with E-state index in [-0.39, 0.29) is 0 Å². The Balaban J connectivity index is 2.30. The third-order valence-electron chi connectivity index (χ3n) is 3.57. The predicted molar refractivity (Wildman–Crippen MR) is 99.0 cm³/mol. The highest BCUT2D eigenvalue weighted by Crippen LogP contribution is 2.24. The summed E-state index contributed by atoms with van der Waals surface area (Å²) in [4.78, 5) is 11.5. The number of nitrogens with one attached hydrogen (secondary N) is 1. The maximum absolute atomic E-state index is 6.10. The van der Waals surface area contributed by atoms with Crippen molar-refractivity contribution in [1.82, 2.24) is 9.97 Å². The van der Waals surface area contributed by atoms with E-state index in [1.807, 2.05) is 38.1 Å². The monoisotopic (exact) mass is 332 g/mol. The van der Waals surface area contributed by atoms with Crippen LogP contribution in [0.4, 0.5) is 17.5 Å². The lowest BCUT2D eigenvalue weighted by Crippen LogP contribution is -2.27. The smallest absolute Gasteiger partial charge is 0.227 e. The molecule has 2 rings (SSSR count). The SMILES string of the molecule is CCCN(CCC)c1nc(C)cc(Nc2cc(Cl)ccc2C)n1. The van der Waals surface area contributed by atoms with E-state index >= 15 is 0 Å². The normalized spacial score (nSPS) is 10.7. The minimum atomic E-state index is 0.711. The van der Waals surface area contributed by atoms with Gasteiger partial charge < -0.3 is 10.2 Å². The molecule has 0 aliphatic heterocycles. The maximum Gasteiger partial charge on any atom is 0.227 e. The van der Waals surface area contributed by atoms with Crippen molar-refractivity contribution < 1.29 is 0 Å². The molecule has 5 heteroatoms. The predicted octanol–water partition coefficient (Wildman–Crippen LogP) is 5.12. The second kappa shape index (κ2) is 8.16. The van der Waals surface area contributed by atoms with Gasteiger partial charge in [-0.25, -0.2) is 4.98 Å². The highest BCUT2D eigenvalue weighted by molar-refractivity contribution is 6.30. The van der Waals surface area contributed by atoms with Crippen LogP contribution in [0.2, 0.25) is 5.02 Å². The van der Waals surface area contributed by atoms with Crippen molar-refractivity contribution in [3.63, 3.8) is 0 Å². The Bertz CT molecular complexity index is 651. The van der Waals surface area contributed by atoms with Gasteiger partial charge in [-0.1, -0.05) is 31.5 Å². The summed E-state index contributed by atoms with van der Waals surface area (Å²) in [6, 6.07) is 7.77. The number of aryl methyl sites for hydroxylation is 2. The molecule has 0 amide bonds. The molecule has 1 N–H and O–H groups in total. The van der Waals surface area contributed by atoms with Gasteiger partial charge >= 0.3 is 0 Å². The van der Waals surface area contributed by atoms with Crippen LogP contribution in [0.25, 0.3) is 0 Å². The van der Waals surface area contributed by atoms with Crippen LogP contribution in [-0.2, 0) is 0 Å². The van der Waals surface area contributed by atoms with Crippen LogP contribution in [-0.4, -0.2) is 23.1 Å². The number of hydrogen-bond donors (Lipinski definition) is 1. The van der Waals surface area contributed by atoms with Gasteiger partial charge in [-0.15, -0.1) is 0 Å². The van der Waals surface area contributed by atoms with Gasteiger partial charge in [-0.3, -0.25) is 0 Å². The fourth-order valence-corrected chi connectivity index (χ4v) is 2.65. The first-order valence-corrected chi connectivity index (χ1v) is 8.55. The summed E-state index contributed by atoms with van der Waals surface area (Å²) >= 11 is 6.10. The average molecular weight is 333 g/mol. The molecule has 124 valence electrons. The summed E-state index contributed by atoms with van der Waals surface area (Å²) in [5, 5.41) is 4.08. The Morgan fingerprint density at radius 3 is 2.39 bits per heavy atom. The summed E-state index contributed by atoms with van der Waals surface area (Å²) in [5.74, 6) is 1.59. The quantitative estimate of drug-likeness (QED) is 0.764. The van der Waals surface area contributed by atoms with Crippen LogP contribution in [0.3, 0.4) is 0 Å². The molecule has 0 aliphatic rings. The minimum Gasteiger partial charge on any atom is -0.341 e. The summed E-state index contributed by atoms with van der Waals surface area (Å²) in [6.45, 7) is 10.3. The molecule has 0 bridgehead atoms. The molecule has 0 fully saturated rings. The Kier molecular flexibility index (Phi) is 6.22. The molecule has 23 heavy (non-hydrogen) atoms. The van der Waals surface area contributed by atoms with Crippen LogP contribution < -0.4 is 10.2 Å². The zero-order valence-corrected chi connectivity index (χ0v) is 15.1. The van der Waals surface area contributed by atoms with Crippen molar-refractivity contribution in [3.8, 4) is 0 Å². The highest BCUT2D eigenvalue weighted by atomic mass is 35.5. The molecule has 4 nitrogen and oxygen atoms in total. The molecular formula is C18H25ClN4. The standard InChI is InChI=1S/C18H25ClN4/c1-5-9-23(10-6-2)18-20-14(4)11-17(22-18)21-16-12-15(19)8-7-13(16)3/h7-8,11-12H,5-6,9-10H2,1-4H3,(H,20,21,22). The fourth-order valence-electron chi connectivity index (χ4n) is 2.48. The lowest BCUT2D eigenvalue weighted by atomic mass is 10.2. The number of anilines is 3. The van der Waals surface area contributed by atoms with Gasteiger partial charge in [-0.05, 0) is 44.4 Å². The average Bonchev–Trinajstić information content (AvgIpc) is 2.50. The van der Waals surface area contributed by atoms with E-state index in [0.29, 0.717) is 5.02 Å². The van der Waals surface area contributed by atoms with E-state index in [9.17, 15) is 0 Å². The highest BCUT2D eigenvalue weighted by Gasteiger charge is 2.11.